The van der Waals surface area contributed by atoms with Gasteiger partial charge < -0.3 is 14.5 Å². The molecule has 0 amide bonds. The molecule has 0 aliphatic heterocycles. The Hall–Kier alpha value is -1.74. The number of nitrogens with one attached hydrogen (secondary N) is 1. The van der Waals surface area contributed by atoms with Gasteiger partial charge >= 0.3 is 0 Å². The summed E-state index contributed by atoms with van der Waals surface area (Å²) < 4.78 is 11.4. The van der Waals surface area contributed by atoms with Crippen molar-refractivity contribution in [1.82, 2.24) is 5.32 Å². The van der Waals surface area contributed by atoms with Crippen molar-refractivity contribution in [3.05, 3.63) is 53.0 Å². The zero-order chi connectivity index (χ0) is 14.5. The molecule has 0 aliphatic rings. The summed E-state index contributed by atoms with van der Waals surface area (Å²) in [5.74, 6) is 1.89. The lowest BCUT2D eigenvalue weighted by Gasteiger charge is -2.11. The number of aryl methyl sites for hydroxylation is 1. The summed E-state index contributed by atoms with van der Waals surface area (Å²) in [4.78, 5) is 0. The molecule has 0 aliphatic carbocycles. The third-order valence-electron chi connectivity index (χ3n) is 3.45. The third kappa shape index (κ3) is 3.64. The largest absolute Gasteiger partial charge is 0.488 e. The van der Waals surface area contributed by atoms with Crippen LogP contribution in [0.4, 0.5) is 0 Å². The molecule has 2 rings (SSSR count). The molecule has 0 unspecified atom stereocenters. The minimum atomic E-state index is 0.438. The van der Waals surface area contributed by atoms with Gasteiger partial charge in [0.05, 0.1) is 12.8 Å². The first-order valence-electron chi connectivity index (χ1n) is 7.05. The van der Waals surface area contributed by atoms with E-state index in [2.05, 4.69) is 39.1 Å². The van der Waals surface area contributed by atoms with E-state index < -0.39 is 0 Å². The van der Waals surface area contributed by atoms with Gasteiger partial charge in [0.2, 0.25) is 0 Å². The highest BCUT2D eigenvalue weighted by Gasteiger charge is 2.09. The molecule has 1 aromatic carbocycles. The molecule has 0 saturated heterocycles. The van der Waals surface area contributed by atoms with Crippen LogP contribution in [0.5, 0.6) is 5.75 Å². The summed E-state index contributed by atoms with van der Waals surface area (Å²) in [6.45, 7) is 9.69. The minimum Gasteiger partial charge on any atom is -0.488 e. The van der Waals surface area contributed by atoms with Crippen LogP contribution in [0, 0.1) is 13.8 Å². The topological polar surface area (TPSA) is 34.4 Å². The number of rotatable bonds is 6. The predicted molar refractivity (Wildman–Crippen MR) is 80.9 cm³/mol. The van der Waals surface area contributed by atoms with Crippen LogP contribution in [0.2, 0.25) is 0 Å². The third-order valence-corrected chi connectivity index (χ3v) is 3.45. The van der Waals surface area contributed by atoms with Crippen LogP contribution in [0.3, 0.4) is 0 Å². The lowest BCUT2D eigenvalue weighted by molar-refractivity contribution is 0.298. The van der Waals surface area contributed by atoms with Crippen molar-refractivity contribution in [1.29, 1.82) is 0 Å². The standard InChI is InChI=1S/C17H23NO2/c1-12(2)18-10-17-15(8-9-19-17)11-20-16-7-5-6-13(3)14(16)4/h5-9,12,18H,10-11H2,1-4H3. The van der Waals surface area contributed by atoms with Crippen LogP contribution in [-0.2, 0) is 13.2 Å². The normalized spacial score (nSPS) is 11.1. The quantitative estimate of drug-likeness (QED) is 0.864. The molecule has 3 heteroatoms. The fourth-order valence-corrected chi connectivity index (χ4v) is 1.98. The van der Waals surface area contributed by atoms with Gasteiger partial charge in [0.15, 0.2) is 0 Å². The SMILES string of the molecule is Cc1cccc(OCc2ccoc2CNC(C)C)c1C. The van der Waals surface area contributed by atoms with E-state index in [1.165, 1.54) is 11.1 Å². The van der Waals surface area contributed by atoms with Crippen molar-refractivity contribution >= 4 is 0 Å². The van der Waals surface area contributed by atoms with Gasteiger partial charge in [-0.25, -0.2) is 0 Å². The first kappa shape index (κ1) is 14.7. The Morgan fingerprint density at radius 3 is 2.75 bits per heavy atom. The number of furan rings is 1. The molecule has 3 nitrogen and oxygen atoms in total. The number of ether oxygens (including phenoxy) is 1. The molecule has 2 aromatic rings. The average molecular weight is 273 g/mol. The van der Waals surface area contributed by atoms with Crippen LogP contribution in [0.1, 0.15) is 36.3 Å². The van der Waals surface area contributed by atoms with Crippen molar-refractivity contribution < 1.29 is 9.15 Å². The lowest BCUT2D eigenvalue weighted by Crippen LogP contribution is -2.22. The van der Waals surface area contributed by atoms with Crippen LogP contribution < -0.4 is 10.1 Å². The van der Waals surface area contributed by atoms with Crippen molar-refractivity contribution in [2.24, 2.45) is 0 Å². The predicted octanol–water partition coefficient (Wildman–Crippen LogP) is 3.97. The highest BCUT2D eigenvalue weighted by Crippen LogP contribution is 2.22. The van der Waals surface area contributed by atoms with Gasteiger partial charge in [-0.15, -0.1) is 0 Å². The molecule has 0 fully saturated rings. The fourth-order valence-electron chi connectivity index (χ4n) is 1.98. The maximum Gasteiger partial charge on any atom is 0.124 e. The number of hydrogen-bond acceptors (Lipinski definition) is 3. The summed E-state index contributed by atoms with van der Waals surface area (Å²) in [6.07, 6.45) is 1.72. The molecule has 108 valence electrons. The molecule has 0 bridgehead atoms. The Morgan fingerprint density at radius 1 is 1.20 bits per heavy atom. The zero-order valence-electron chi connectivity index (χ0n) is 12.7. The molecule has 20 heavy (non-hydrogen) atoms. The van der Waals surface area contributed by atoms with E-state index in [1.807, 2.05) is 18.2 Å². The van der Waals surface area contributed by atoms with Crippen LogP contribution in [0.25, 0.3) is 0 Å². The summed E-state index contributed by atoms with van der Waals surface area (Å²) in [6, 6.07) is 8.54. The smallest absolute Gasteiger partial charge is 0.124 e. The summed E-state index contributed by atoms with van der Waals surface area (Å²) in [5, 5.41) is 3.36. The number of benzene rings is 1. The molecule has 0 radical (unpaired) electrons. The van der Waals surface area contributed by atoms with Gasteiger partial charge in [-0.05, 0) is 37.1 Å². The second kappa shape index (κ2) is 6.62. The first-order valence-corrected chi connectivity index (χ1v) is 7.05. The summed E-state index contributed by atoms with van der Waals surface area (Å²) in [5.41, 5.74) is 3.54. The lowest BCUT2D eigenvalue weighted by atomic mass is 10.1. The number of hydrogen-bond donors (Lipinski definition) is 1. The molecule has 0 atom stereocenters. The molecule has 1 N–H and O–H groups in total. The van der Waals surface area contributed by atoms with Crippen molar-refractivity contribution in [2.75, 3.05) is 0 Å². The van der Waals surface area contributed by atoms with E-state index in [1.54, 1.807) is 6.26 Å². The Balaban J connectivity index is 2.00. The highest BCUT2D eigenvalue weighted by molar-refractivity contribution is 5.38. The molecule has 0 saturated carbocycles. The van der Waals surface area contributed by atoms with Gasteiger partial charge in [0.1, 0.15) is 18.1 Å². The van der Waals surface area contributed by atoms with Crippen LogP contribution in [0.15, 0.2) is 34.9 Å². The van der Waals surface area contributed by atoms with Crippen LogP contribution >= 0.6 is 0 Å². The average Bonchev–Trinajstić information content (AvgIpc) is 2.85. The Bertz CT molecular complexity index is 558. The molecule has 1 aromatic heterocycles. The van der Waals surface area contributed by atoms with E-state index in [-0.39, 0.29) is 0 Å². The van der Waals surface area contributed by atoms with Gasteiger partial charge in [0.25, 0.3) is 0 Å². The Morgan fingerprint density at radius 2 is 2.00 bits per heavy atom. The zero-order valence-corrected chi connectivity index (χ0v) is 12.7. The highest BCUT2D eigenvalue weighted by atomic mass is 16.5. The second-order valence-corrected chi connectivity index (χ2v) is 5.39. The van der Waals surface area contributed by atoms with E-state index in [0.29, 0.717) is 12.6 Å². The van der Waals surface area contributed by atoms with Gasteiger partial charge in [-0.2, -0.15) is 0 Å². The van der Waals surface area contributed by atoms with Gasteiger partial charge in [-0.3, -0.25) is 0 Å². The molecule has 0 spiro atoms. The maximum atomic E-state index is 5.92. The van der Waals surface area contributed by atoms with E-state index >= 15 is 0 Å². The molecular weight excluding hydrogens is 250 g/mol. The second-order valence-electron chi connectivity index (χ2n) is 5.39. The molecular formula is C17H23NO2. The van der Waals surface area contributed by atoms with E-state index in [9.17, 15) is 0 Å². The van der Waals surface area contributed by atoms with Crippen molar-refractivity contribution in [3.63, 3.8) is 0 Å². The maximum absolute atomic E-state index is 5.92. The molecule has 1 heterocycles. The van der Waals surface area contributed by atoms with Gasteiger partial charge in [-0.1, -0.05) is 26.0 Å². The Kier molecular flexibility index (Phi) is 4.85. The minimum absolute atomic E-state index is 0.438. The van der Waals surface area contributed by atoms with Crippen molar-refractivity contribution in [2.45, 2.75) is 46.9 Å². The summed E-state index contributed by atoms with van der Waals surface area (Å²) >= 11 is 0. The first-order chi connectivity index (χ1) is 9.58. The fraction of sp³-hybridized carbons (Fsp3) is 0.412. The summed E-state index contributed by atoms with van der Waals surface area (Å²) in [7, 11) is 0. The van der Waals surface area contributed by atoms with E-state index in [4.69, 9.17) is 9.15 Å². The van der Waals surface area contributed by atoms with E-state index in [0.717, 1.165) is 23.6 Å². The Labute approximate surface area is 121 Å². The monoisotopic (exact) mass is 273 g/mol. The van der Waals surface area contributed by atoms with Crippen LogP contribution in [-0.4, -0.2) is 6.04 Å². The van der Waals surface area contributed by atoms with Gasteiger partial charge in [0, 0.05) is 11.6 Å². The van der Waals surface area contributed by atoms with Crippen molar-refractivity contribution in [3.8, 4) is 5.75 Å².